The zero-order chi connectivity index (χ0) is 13.5. The second-order valence-corrected chi connectivity index (χ2v) is 4.73. The summed E-state index contributed by atoms with van der Waals surface area (Å²) in [4.78, 5) is 0. The summed E-state index contributed by atoms with van der Waals surface area (Å²) in [5.74, 6) is 4.53. The van der Waals surface area contributed by atoms with E-state index in [-0.39, 0.29) is 6.04 Å². The third-order valence-electron chi connectivity index (χ3n) is 3.47. The molecular weight excluding hydrogens is 234 g/mol. The van der Waals surface area contributed by atoms with E-state index in [1.165, 1.54) is 6.07 Å². The van der Waals surface area contributed by atoms with Gasteiger partial charge in [-0.3, -0.25) is 11.3 Å². The van der Waals surface area contributed by atoms with E-state index < -0.39 is 11.6 Å². The van der Waals surface area contributed by atoms with Crippen LogP contribution in [0.15, 0.2) is 18.2 Å². The molecule has 0 aromatic heterocycles. The molecule has 0 radical (unpaired) electrons. The van der Waals surface area contributed by atoms with Gasteiger partial charge in [0.15, 0.2) is 11.6 Å². The van der Waals surface area contributed by atoms with Crippen LogP contribution in [0.3, 0.4) is 0 Å². The molecule has 1 atom stereocenters. The van der Waals surface area contributed by atoms with E-state index in [0.717, 1.165) is 30.9 Å². The first-order valence-corrected chi connectivity index (χ1v) is 6.50. The van der Waals surface area contributed by atoms with Crippen LogP contribution >= 0.6 is 0 Å². The number of benzene rings is 1. The topological polar surface area (TPSA) is 38.0 Å². The second kappa shape index (κ2) is 7.44. The molecule has 3 N–H and O–H groups in total. The number of hydrogen-bond donors (Lipinski definition) is 2. The van der Waals surface area contributed by atoms with E-state index >= 15 is 0 Å². The fraction of sp³-hybridized carbons (Fsp3) is 0.571. The first kappa shape index (κ1) is 15.1. The van der Waals surface area contributed by atoms with Crippen LogP contribution in [0.2, 0.25) is 0 Å². The number of rotatable bonds is 7. The van der Waals surface area contributed by atoms with Gasteiger partial charge in [-0.05, 0) is 36.5 Å². The van der Waals surface area contributed by atoms with Crippen LogP contribution in [-0.2, 0) is 6.42 Å². The van der Waals surface area contributed by atoms with Gasteiger partial charge in [-0.25, -0.2) is 8.78 Å². The Balaban J connectivity index is 2.64. The summed E-state index contributed by atoms with van der Waals surface area (Å²) in [7, 11) is 0. The van der Waals surface area contributed by atoms with Gasteiger partial charge in [0, 0.05) is 6.04 Å². The molecule has 1 unspecified atom stereocenters. The Morgan fingerprint density at radius 2 is 1.83 bits per heavy atom. The van der Waals surface area contributed by atoms with Crippen molar-refractivity contribution in [1.82, 2.24) is 5.43 Å². The quantitative estimate of drug-likeness (QED) is 0.581. The summed E-state index contributed by atoms with van der Waals surface area (Å²) in [5.41, 5.74) is 3.53. The highest BCUT2D eigenvalue weighted by Gasteiger charge is 2.14. The number of hydrogen-bond acceptors (Lipinski definition) is 2. The number of nitrogens with two attached hydrogens (primary N) is 1. The minimum atomic E-state index is -0.809. The van der Waals surface area contributed by atoms with Crippen molar-refractivity contribution >= 4 is 0 Å². The van der Waals surface area contributed by atoms with Crippen LogP contribution in [0.5, 0.6) is 0 Å². The molecule has 0 fully saturated rings. The average Bonchev–Trinajstić information content (AvgIpc) is 2.38. The molecule has 4 heteroatoms. The van der Waals surface area contributed by atoms with Crippen LogP contribution in [-0.4, -0.2) is 6.04 Å². The Morgan fingerprint density at radius 1 is 1.17 bits per heavy atom. The summed E-state index contributed by atoms with van der Waals surface area (Å²) >= 11 is 0. The largest absolute Gasteiger partial charge is 0.271 e. The Hall–Kier alpha value is -1.00. The minimum Gasteiger partial charge on any atom is -0.271 e. The van der Waals surface area contributed by atoms with Crippen molar-refractivity contribution in [2.24, 2.45) is 11.8 Å². The SMILES string of the molecule is CCC(CC)CC(Cc1ccc(F)c(F)c1)NN. The van der Waals surface area contributed by atoms with Crippen molar-refractivity contribution in [2.75, 3.05) is 0 Å². The minimum absolute atomic E-state index is 0.0970. The van der Waals surface area contributed by atoms with Crippen molar-refractivity contribution in [1.29, 1.82) is 0 Å². The van der Waals surface area contributed by atoms with Crippen molar-refractivity contribution in [3.63, 3.8) is 0 Å². The molecule has 0 saturated carbocycles. The van der Waals surface area contributed by atoms with Gasteiger partial charge in [0.2, 0.25) is 0 Å². The summed E-state index contributed by atoms with van der Waals surface area (Å²) in [6, 6.07) is 4.11. The molecule has 0 saturated heterocycles. The number of hydrazine groups is 1. The summed E-state index contributed by atoms with van der Waals surface area (Å²) in [5, 5.41) is 0. The van der Waals surface area contributed by atoms with Crippen LogP contribution in [0.25, 0.3) is 0 Å². The number of nitrogens with one attached hydrogen (secondary N) is 1. The van der Waals surface area contributed by atoms with Gasteiger partial charge in [-0.1, -0.05) is 32.8 Å². The number of halogens is 2. The molecule has 0 spiro atoms. The first-order chi connectivity index (χ1) is 8.60. The van der Waals surface area contributed by atoms with Gasteiger partial charge < -0.3 is 0 Å². The summed E-state index contributed by atoms with van der Waals surface area (Å²) in [6.45, 7) is 4.30. The van der Waals surface area contributed by atoms with Crippen molar-refractivity contribution in [3.8, 4) is 0 Å². The third-order valence-corrected chi connectivity index (χ3v) is 3.47. The van der Waals surface area contributed by atoms with Gasteiger partial charge >= 0.3 is 0 Å². The van der Waals surface area contributed by atoms with E-state index in [4.69, 9.17) is 5.84 Å². The summed E-state index contributed by atoms with van der Waals surface area (Å²) in [6.07, 6.45) is 3.77. The molecule has 18 heavy (non-hydrogen) atoms. The highest BCUT2D eigenvalue weighted by molar-refractivity contribution is 5.18. The molecule has 0 aliphatic rings. The Bertz CT molecular complexity index is 365. The fourth-order valence-corrected chi connectivity index (χ4v) is 2.19. The lowest BCUT2D eigenvalue weighted by Crippen LogP contribution is -2.38. The second-order valence-electron chi connectivity index (χ2n) is 4.73. The van der Waals surface area contributed by atoms with E-state index in [1.807, 2.05) is 0 Å². The zero-order valence-corrected chi connectivity index (χ0v) is 11.0. The molecule has 102 valence electrons. The first-order valence-electron chi connectivity index (χ1n) is 6.50. The van der Waals surface area contributed by atoms with E-state index in [2.05, 4.69) is 19.3 Å². The molecule has 0 aliphatic heterocycles. The van der Waals surface area contributed by atoms with Crippen LogP contribution in [0.1, 0.15) is 38.7 Å². The van der Waals surface area contributed by atoms with Crippen LogP contribution in [0, 0.1) is 17.6 Å². The summed E-state index contributed by atoms with van der Waals surface area (Å²) < 4.78 is 25.9. The molecule has 0 aliphatic carbocycles. The maximum absolute atomic E-state index is 13.1. The zero-order valence-electron chi connectivity index (χ0n) is 11.0. The lowest BCUT2D eigenvalue weighted by atomic mass is 9.92. The van der Waals surface area contributed by atoms with E-state index in [0.29, 0.717) is 12.3 Å². The predicted octanol–water partition coefficient (Wildman–Crippen LogP) is 3.17. The smallest absolute Gasteiger partial charge is 0.159 e. The molecule has 1 rings (SSSR count). The predicted molar refractivity (Wildman–Crippen MR) is 69.9 cm³/mol. The molecule has 0 amide bonds. The molecule has 1 aromatic carbocycles. The molecule has 2 nitrogen and oxygen atoms in total. The lowest BCUT2D eigenvalue weighted by molar-refractivity contribution is 0.366. The fourth-order valence-electron chi connectivity index (χ4n) is 2.19. The van der Waals surface area contributed by atoms with Gasteiger partial charge in [0.1, 0.15) is 0 Å². The molecular formula is C14H22F2N2. The lowest BCUT2D eigenvalue weighted by Gasteiger charge is -2.21. The Kier molecular flexibility index (Phi) is 6.22. The highest BCUT2D eigenvalue weighted by Crippen LogP contribution is 2.18. The molecule has 0 bridgehead atoms. The van der Waals surface area contributed by atoms with Gasteiger partial charge in [-0.15, -0.1) is 0 Å². The molecule has 1 aromatic rings. The Morgan fingerprint density at radius 3 is 2.33 bits per heavy atom. The Labute approximate surface area is 108 Å². The maximum Gasteiger partial charge on any atom is 0.159 e. The van der Waals surface area contributed by atoms with Crippen molar-refractivity contribution in [3.05, 3.63) is 35.4 Å². The van der Waals surface area contributed by atoms with E-state index in [9.17, 15) is 8.78 Å². The van der Waals surface area contributed by atoms with Gasteiger partial charge in [-0.2, -0.15) is 0 Å². The third kappa shape index (κ3) is 4.35. The molecule has 0 heterocycles. The normalized spacial score (nSPS) is 13.0. The standard InChI is InChI=1S/C14H22F2N2/c1-3-10(4-2)7-12(18-17)8-11-5-6-13(15)14(16)9-11/h5-6,9-10,12,18H,3-4,7-8,17H2,1-2H3. The van der Waals surface area contributed by atoms with Crippen molar-refractivity contribution < 1.29 is 8.78 Å². The van der Waals surface area contributed by atoms with Crippen LogP contribution < -0.4 is 11.3 Å². The monoisotopic (exact) mass is 256 g/mol. The average molecular weight is 256 g/mol. The van der Waals surface area contributed by atoms with E-state index in [1.54, 1.807) is 6.07 Å². The van der Waals surface area contributed by atoms with Crippen LogP contribution in [0.4, 0.5) is 8.78 Å². The maximum atomic E-state index is 13.1. The van der Waals surface area contributed by atoms with Gasteiger partial charge in [0.05, 0.1) is 0 Å². The van der Waals surface area contributed by atoms with Crippen molar-refractivity contribution in [2.45, 2.75) is 45.6 Å². The van der Waals surface area contributed by atoms with Gasteiger partial charge in [0.25, 0.3) is 0 Å². The highest BCUT2D eigenvalue weighted by atomic mass is 19.2.